The fourth-order valence-corrected chi connectivity index (χ4v) is 3.80. The van der Waals surface area contributed by atoms with Crippen molar-refractivity contribution in [1.82, 2.24) is 30.3 Å². The summed E-state index contributed by atoms with van der Waals surface area (Å²) >= 11 is 0. The maximum absolute atomic E-state index is 14.7. The molecule has 170 valence electrons. The lowest BCUT2D eigenvalue weighted by molar-refractivity contribution is 0.0933. The number of methoxy groups -OCH3 is 1. The summed E-state index contributed by atoms with van der Waals surface area (Å²) in [6.07, 6.45) is 1.76. The number of halogens is 1. The van der Waals surface area contributed by atoms with Gasteiger partial charge in [-0.3, -0.25) is 9.78 Å². The molecule has 5 aromatic rings. The molecule has 3 heterocycles. The highest BCUT2D eigenvalue weighted by Crippen LogP contribution is 2.24. The van der Waals surface area contributed by atoms with Crippen LogP contribution in [0, 0.1) is 5.82 Å². The monoisotopic (exact) mass is 456 g/mol. The maximum Gasteiger partial charge on any atom is 0.254 e. The summed E-state index contributed by atoms with van der Waals surface area (Å²) in [5, 5.41) is 12.1. The zero-order valence-corrected chi connectivity index (χ0v) is 18.4. The second-order valence-electron chi connectivity index (χ2n) is 7.72. The van der Waals surface area contributed by atoms with Gasteiger partial charge in [0.05, 0.1) is 29.9 Å². The lowest BCUT2D eigenvalue weighted by Crippen LogP contribution is -2.27. The van der Waals surface area contributed by atoms with Crippen molar-refractivity contribution in [2.45, 2.75) is 6.54 Å². The number of para-hydroxylation sites is 1. The Morgan fingerprint density at radius 1 is 1.12 bits per heavy atom. The Labute approximate surface area is 194 Å². The topological polar surface area (TPSA) is 94.8 Å². The molecule has 1 amide bonds. The minimum atomic E-state index is -0.622. The minimum absolute atomic E-state index is 0.0314. The van der Waals surface area contributed by atoms with Gasteiger partial charge in [0.1, 0.15) is 11.3 Å². The molecule has 0 aliphatic heterocycles. The van der Waals surface area contributed by atoms with Crippen LogP contribution < -0.4 is 5.32 Å². The molecule has 5 rings (SSSR count). The van der Waals surface area contributed by atoms with Crippen LogP contribution in [-0.2, 0) is 11.3 Å². The van der Waals surface area contributed by atoms with Crippen molar-refractivity contribution >= 4 is 28.0 Å². The van der Waals surface area contributed by atoms with Crippen LogP contribution in [0.3, 0.4) is 0 Å². The molecule has 2 aromatic carbocycles. The molecule has 1 N–H and O–H groups in total. The van der Waals surface area contributed by atoms with Gasteiger partial charge in [-0.25, -0.2) is 14.1 Å². The van der Waals surface area contributed by atoms with Gasteiger partial charge in [0.25, 0.3) is 5.91 Å². The van der Waals surface area contributed by atoms with E-state index in [4.69, 9.17) is 9.72 Å². The van der Waals surface area contributed by atoms with Gasteiger partial charge in [0.2, 0.25) is 0 Å². The predicted octanol–water partition coefficient (Wildman–Crippen LogP) is 3.61. The summed E-state index contributed by atoms with van der Waals surface area (Å²) in [6.45, 7) is 1.10. The van der Waals surface area contributed by atoms with Crippen LogP contribution in [0.15, 0.2) is 66.9 Å². The molecule has 0 radical (unpaired) electrons. The van der Waals surface area contributed by atoms with Crippen LogP contribution in [0.1, 0.15) is 15.9 Å². The number of ether oxygens (including phenoxy) is 1. The average Bonchev–Trinajstić information content (AvgIpc) is 3.26. The van der Waals surface area contributed by atoms with Crippen molar-refractivity contribution in [2.24, 2.45) is 0 Å². The van der Waals surface area contributed by atoms with Gasteiger partial charge < -0.3 is 10.1 Å². The highest BCUT2D eigenvalue weighted by molar-refractivity contribution is 5.95. The third-order valence-electron chi connectivity index (χ3n) is 5.50. The first-order chi connectivity index (χ1) is 16.6. The zero-order valence-electron chi connectivity index (χ0n) is 18.4. The number of carbonyl (C=O) groups is 1. The van der Waals surface area contributed by atoms with E-state index in [1.807, 2.05) is 30.3 Å². The van der Waals surface area contributed by atoms with E-state index in [9.17, 15) is 9.18 Å². The molecular weight excluding hydrogens is 435 g/mol. The van der Waals surface area contributed by atoms with E-state index < -0.39 is 11.7 Å². The van der Waals surface area contributed by atoms with Crippen molar-refractivity contribution in [3.63, 3.8) is 0 Å². The van der Waals surface area contributed by atoms with Crippen molar-refractivity contribution in [1.29, 1.82) is 0 Å². The van der Waals surface area contributed by atoms with Crippen LogP contribution in [-0.4, -0.2) is 51.1 Å². The van der Waals surface area contributed by atoms with E-state index in [1.54, 1.807) is 29.1 Å². The first-order valence-electron chi connectivity index (χ1n) is 10.7. The number of benzene rings is 2. The van der Waals surface area contributed by atoms with Gasteiger partial charge in [0, 0.05) is 30.8 Å². The summed E-state index contributed by atoms with van der Waals surface area (Å²) in [5.74, 6) is -1.11. The van der Waals surface area contributed by atoms with E-state index in [2.05, 4.69) is 20.6 Å². The molecule has 0 fully saturated rings. The van der Waals surface area contributed by atoms with Crippen LogP contribution in [0.5, 0.6) is 0 Å². The molecule has 3 aromatic heterocycles. The number of hydrogen-bond acceptors (Lipinski definition) is 6. The highest BCUT2D eigenvalue weighted by Gasteiger charge is 2.15. The Balaban J connectivity index is 1.45. The van der Waals surface area contributed by atoms with Gasteiger partial charge in [0.15, 0.2) is 5.65 Å². The van der Waals surface area contributed by atoms with Crippen molar-refractivity contribution in [2.75, 3.05) is 20.3 Å². The number of fused-ring (bicyclic) bond motifs is 2. The number of amides is 1. The number of nitrogens with zero attached hydrogens (tertiary/aromatic N) is 5. The number of pyridine rings is 2. The van der Waals surface area contributed by atoms with Crippen LogP contribution in [0.4, 0.5) is 4.39 Å². The minimum Gasteiger partial charge on any atom is -0.383 e. The predicted molar refractivity (Wildman–Crippen MR) is 126 cm³/mol. The van der Waals surface area contributed by atoms with Crippen molar-refractivity contribution in [3.05, 3.63) is 83.8 Å². The largest absolute Gasteiger partial charge is 0.383 e. The lowest BCUT2D eigenvalue weighted by Gasteiger charge is -2.08. The Hall–Kier alpha value is -4.24. The van der Waals surface area contributed by atoms with Crippen LogP contribution >= 0.6 is 0 Å². The molecule has 0 atom stereocenters. The van der Waals surface area contributed by atoms with Gasteiger partial charge in [-0.1, -0.05) is 35.5 Å². The van der Waals surface area contributed by atoms with E-state index in [0.29, 0.717) is 42.1 Å². The first-order valence-corrected chi connectivity index (χ1v) is 10.7. The van der Waals surface area contributed by atoms with E-state index in [1.165, 1.54) is 19.2 Å². The molecule has 8 nitrogen and oxygen atoms in total. The van der Waals surface area contributed by atoms with E-state index >= 15 is 0 Å². The quantitative estimate of drug-likeness (QED) is 0.376. The van der Waals surface area contributed by atoms with Gasteiger partial charge in [-0.15, -0.1) is 5.10 Å². The average molecular weight is 456 g/mol. The second-order valence-corrected chi connectivity index (χ2v) is 7.72. The Kier molecular flexibility index (Phi) is 5.92. The standard InChI is InChI=1S/C25H21FN6O2/c1-34-13-12-28-25(33)19-8-7-17(14-20(19)26)21-9-10-22-24(29-21)32(31-30-22)15-18-5-2-4-16-6-3-11-27-23(16)18/h2-11,14H,12-13,15H2,1H3,(H,28,33). The summed E-state index contributed by atoms with van der Waals surface area (Å²) in [7, 11) is 1.53. The number of nitrogens with one attached hydrogen (secondary N) is 1. The molecule has 0 saturated heterocycles. The van der Waals surface area contributed by atoms with E-state index in [0.717, 1.165) is 16.5 Å². The second kappa shape index (κ2) is 9.32. The molecule has 0 unspecified atom stereocenters. The molecule has 0 spiro atoms. The third-order valence-corrected chi connectivity index (χ3v) is 5.50. The molecule has 9 heteroatoms. The highest BCUT2D eigenvalue weighted by atomic mass is 19.1. The summed E-state index contributed by atoms with van der Waals surface area (Å²) in [6, 6.07) is 17.9. The van der Waals surface area contributed by atoms with Gasteiger partial charge in [-0.05, 0) is 35.9 Å². The van der Waals surface area contributed by atoms with E-state index in [-0.39, 0.29) is 5.56 Å². The molecular formula is C25H21FN6O2. The number of rotatable bonds is 7. The Morgan fingerprint density at radius 3 is 2.85 bits per heavy atom. The first kappa shape index (κ1) is 21.6. The SMILES string of the molecule is COCCNC(=O)c1ccc(-c2ccc3nnn(Cc4cccc5cccnc45)c3n2)cc1F. The lowest BCUT2D eigenvalue weighted by atomic mass is 10.1. The molecule has 0 saturated carbocycles. The number of hydrogen-bond donors (Lipinski definition) is 1. The zero-order chi connectivity index (χ0) is 23.5. The summed E-state index contributed by atoms with van der Waals surface area (Å²) in [4.78, 5) is 21.4. The van der Waals surface area contributed by atoms with Crippen molar-refractivity contribution < 1.29 is 13.9 Å². The van der Waals surface area contributed by atoms with Crippen LogP contribution in [0.2, 0.25) is 0 Å². The molecule has 0 aliphatic rings. The Bertz CT molecular complexity index is 1490. The maximum atomic E-state index is 14.7. The molecule has 34 heavy (non-hydrogen) atoms. The number of carbonyl (C=O) groups excluding carboxylic acids is 1. The summed E-state index contributed by atoms with van der Waals surface area (Å²) < 4.78 is 21.3. The fraction of sp³-hybridized carbons (Fsp3) is 0.160. The molecule has 0 aliphatic carbocycles. The smallest absolute Gasteiger partial charge is 0.254 e. The third kappa shape index (κ3) is 4.20. The number of aromatic nitrogens is 5. The van der Waals surface area contributed by atoms with Crippen LogP contribution in [0.25, 0.3) is 33.3 Å². The fourth-order valence-electron chi connectivity index (χ4n) is 3.80. The van der Waals surface area contributed by atoms with Crippen molar-refractivity contribution in [3.8, 4) is 11.3 Å². The normalized spacial score (nSPS) is 11.2. The van der Waals surface area contributed by atoms with Gasteiger partial charge in [-0.2, -0.15) is 0 Å². The Morgan fingerprint density at radius 2 is 2.00 bits per heavy atom. The molecule has 0 bridgehead atoms. The van der Waals surface area contributed by atoms with Gasteiger partial charge >= 0.3 is 0 Å². The summed E-state index contributed by atoms with van der Waals surface area (Å²) in [5.41, 5.74) is 4.16.